The zero-order chi connectivity index (χ0) is 23.3. The molecule has 0 aliphatic rings. The Morgan fingerprint density at radius 3 is 2.19 bits per heavy atom. The Bertz CT molecular complexity index is 1000. The van der Waals surface area contributed by atoms with Crippen molar-refractivity contribution in [3.63, 3.8) is 0 Å². The molecule has 0 saturated carbocycles. The van der Waals surface area contributed by atoms with Crippen molar-refractivity contribution in [3.05, 3.63) is 40.2 Å². The van der Waals surface area contributed by atoms with Crippen LogP contribution in [0.2, 0.25) is 5.02 Å². The maximum Gasteiger partial charge on any atom is 0.241 e. The SMILES string of the molecule is CC(C)C[C@H](CO)Nc1nc(CC(C)c2cc(F)c(Cl)c(F)c2)nc(NS(C)(=O)=O)n1. The van der Waals surface area contributed by atoms with Crippen LogP contribution in [0.15, 0.2) is 12.1 Å². The Morgan fingerprint density at radius 2 is 1.68 bits per heavy atom. The third kappa shape index (κ3) is 7.82. The first-order valence-electron chi connectivity index (χ1n) is 9.62. The summed E-state index contributed by atoms with van der Waals surface area (Å²) in [6.07, 6.45) is 1.73. The van der Waals surface area contributed by atoms with Gasteiger partial charge in [0.05, 0.1) is 18.9 Å². The van der Waals surface area contributed by atoms with E-state index < -0.39 is 32.6 Å². The molecule has 1 aromatic heterocycles. The fourth-order valence-corrected chi connectivity index (χ4v) is 3.50. The number of aliphatic hydroxyl groups excluding tert-OH is 1. The molecule has 0 fully saturated rings. The van der Waals surface area contributed by atoms with Crippen molar-refractivity contribution in [2.24, 2.45) is 5.92 Å². The maximum atomic E-state index is 13.8. The lowest BCUT2D eigenvalue weighted by molar-refractivity contribution is 0.259. The molecule has 0 bridgehead atoms. The summed E-state index contributed by atoms with van der Waals surface area (Å²) in [4.78, 5) is 12.5. The molecule has 1 unspecified atom stereocenters. The smallest absolute Gasteiger partial charge is 0.241 e. The van der Waals surface area contributed by atoms with Gasteiger partial charge in [-0.3, -0.25) is 4.72 Å². The Morgan fingerprint density at radius 1 is 1.10 bits per heavy atom. The molecule has 8 nitrogen and oxygen atoms in total. The second-order valence-electron chi connectivity index (χ2n) is 7.83. The number of hydrogen-bond acceptors (Lipinski definition) is 7. The molecular weight excluding hydrogens is 452 g/mol. The van der Waals surface area contributed by atoms with E-state index in [0.29, 0.717) is 12.0 Å². The van der Waals surface area contributed by atoms with Crippen molar-refractivity contribution < 1.29 is 22.3 Å². The van der Waals surface area contributed by atoms with Gasteiger partial charge in [-0.1, -0.05) is 32.4 Å². The van der Waals surface area contributed by atoms with Crippen molar-refractivity contribution in [1.82, 2.24) is 15.0 Å². The number of nitrogens with one attached hydrogen (secondary N) is 2. The summed E-state index contributed by atoms with van der Waals surface area (Å²) in [5, 5.41) is 12.0. The van der Waals surface area contributed by atoms with Gasteiger partial charge in [0.15, 0.2) is 0 Å². The number of hydrogen-bond donors (Lipinski definition) is 3. The van der Waals surface area contributed by atoms with E-state index in [9.17, 15) is 22.3 Å². The molecule has 0 saturated heterocycles. The minimum atomic E-state index is -3.65. The van der Waals surface area contributed by atoms with Crippen molar-refractivity contribution in [1.29, 1.82) is 0 Å². The van der Waals surface area contributed by atoms with Crippen LogP contribution in [0.25, 0.3) is 0 Å². The fourth-order valence-electron chi connectivity index (χ4n) is 2.97. The summed E-state index contributed by atoms with van der Waals surface area (Å²) in [6.45, 7) is 5.53. The summed E-state index contributed by atoms with van der Waals surface area (Å²) in [5.74, 6) is -1.79. The highest BCUT2D eigenvalue weighted by atomic mass is 35.5. The van der Waals surface area contributed by atoms with E-state index in [1.54, 1.807) is 6.92 Å². The van der Waals surface area contributed by atoms with Gasteiger partial charge in [-0.2, -0.15) is 15.0 Å². The molecule has 12 heteroatoms. The molecule has 0 spiro atoms. The van der Waals surface area contributed by atoms with Crippen LogP contribution in [0.5, 0.6) is 0 Å². The lowest BCUT2D eigenvalue weighted by Crippen LogP contribution is -2.27. The van der Waals surface area contributed by atoms with Crippen molar-refractivity contribution in [2.45, 2.75) is 45.6 Å². The van der Waals surface area contributed by atoms with E-state index in [-0.39, 0.29) is 42.7 Å². The molecule has 2 rings (SSSR count). The fraction of sp³-hybridized carbons (Fsp3) is 0.526. The van der Waals surface area contributed by atoms with Gasteiger partial charge in [0.2, 0.25) is 21.9 Å². The second-order valence-corrected chi connectivity index (χ2v) is 9.96. The molecule has 1 heterocycles. The molecule has 172 valence electrons. The molecular formula is C19H26ClF2N5O3S. The molecule has 2 aromatic rings. The third-order valence-corrected chi connectivity index (χ3v) is 5.25. The molecule has 2 atom stereocenters. The Hall–Kier alpha value is -2.11. The van der Waals surface area contributed by atoms with Gasteiger partial charge in [0.1, 0.15) is 22.5 Å². The van der Waals surface area contributed by atoms with E-state index in [1.165, 1.54) is 0 Å². The summed E-state index contributed by atoms with van der Waals surface area (Å²) in [7, 11) is -3.65. The second kappa shape index (κ2) is 10.5. The molecule has 0 radical (unpaired) electrons. The summed E-state index contributed by atoms with van der Waals surface area (Å²) >= 11 is 5.54. The van der Waals surface area contributed by atoms with E-state index in [4.69, 9.17) is 11.6 Å². The van der Waals surface area contributed by atoms with Crippen molar-refractivity contribution in [3.8, 4) is 0 Å². The Balaban J connectivity index is 2.35. The van der Waals surface area contributed by atoms with Crippen LogP contribution in [0.4, 0.5) is 20.7 Å². The minimum Gasteiger partial charge on any atom is -0.394 e. The van der Waals surface area contributed by atoms with Crippen molar-refractivity contribution in [2.75, 3.05) is 22.9 Å². The molecule has 0 amide bonds. The highest BCUT2D eigenvalue weighted by Crippen LogP contribution is 2.27. The van der Waals surface area contributed by atoms with Gasteiger partial charge in [0, 0.05) is 6.42 Å². The predicted octanol–water partition coefficient (Wildman–Crippen LogP) is 3.34. The van der Waals surface area contributed by atoms with Gasteiger partial charge in [-0.15, -0.1) is 0 Å². The molecule has 0 aliphatic carbocycles. The lowest BCUT2D eigenvalue weighted by Gasteiger charge is -2.19. The molecule has 3 N–H and O–H groups in total. The first-order chi connectivity index (χ1) is 14.4. The lowest BCUT2D eigenvalue weighted by atomic mass is 9.97. The molecule has 0 aliphatic heterocycles. The van der Waals surface area contributed by atoms with E-state index >= 15 is 0 Å². The van der Waals surface area contributed by atoms with Crippen LogP contribution in [0.3, 0.4) is 0 Å². The standard InChI is InChI=1S/C19H26ClF2N5O3S/c1-10(2)5-13(9-28)23-18-24-16(25-19(26-18)27-31(4,29)30)6-11(3)12-7-14(21)17(20)15(22)8-12/h7-8,10-11,13,28H,5-6,9H2,1-4H3,(H2,23,24,25,26,27)/t11?,13-/m1/s1. The van der Waals surface area contributed by atoms with E-state index in [2.05, 4.69) is 25.0 Å². The predicted molar refractivity (Wildman–Crippen MR) is 116 cm³/mol. The monoisotopic (exact) mass is 477 g/mol. The number of benzene rings is 1. The van der Waals surface area contributed by atoms with Crippen molar-refractivity contribution >= 4 is 33.5 Å². The summed E-state index contributed by atoms with van der Waals surface area (Å²) < 4.78 is 53.1. The van der Waals surface area contributed by atoms with Gasteiger partial charge in [0.25, 0.3) is 0 Å². The van der Waals surface area contributed by atoms with Crippen LogP contribution < -0.4 is 10.0 Å². The van der Waals surface area contributed by atoms with Crippen LogP contribution in [-0.2, 0) is 16.4 Å². The quantitative estimate of drug-likeness (QED) is 0.449. The number of anilines is 2. The molecule has 1 aromatic carbocycles. The first-order valence-corrected chi connectivity index (χ1v) is 11.9. The minimum absolute atomic E-state index is 0.0801. The molecule has 31 heavy (non-hydrogen) atoms. The maximum absolute atomic E-state index is 13.8. The Kier molecular flexibility index (Phi) is 8.49. The zero-order valence-corrected chi connectivity index (χ0v) is 19.2. The van der Waals surface area contributed by atoms with Crippen LogP contribution in [0, 0.1) is 17.6 Å². The van der Waals surface area contributed by atoms with Gasteiger partial charge >= 0.3 is 0 Å². The Labute approximate surface area is 185 Å². The van der Waals surface area contributed by atoms with Crippen LogP contribution >= 0.6 is 11.6 Å². The highest BCUT2D eigenvalue weighted by Gasteiger charge is 2.18. The average molecular weight is 478 g/mol. The van der Waals surface area contributed by atoms with E-state index in [1.807, 2.05) is 13.8 Å². The summed E-state index contributed by atoms with van der Waals surface area (Å²) in [5.41, 5.74) is 0.347. The summed E-state index contributed by atoms with van der Waals surface area (Å²) in [6, 6.07) is 1.92. The number of sulfonamides is 1. The number of nitrogens with zero attached hydrogens (tertiary/aromatic N) is 3. The largest absolute Gasteiger partial charge is 0.394 e. The number of rotatable bonds is 10. The normalized spacial score (nSPS) is 13.8. The number of aromatic nitrogens is 3. The topological polar surface area (TPSA) is 117 Å². The van der Waals surface area contributed by atoms with Gasteiger partial charge < -0.3 is 10.4 Å². The average Bonchev–Trinajstić information content (AvgIpc) is 2.63. The number of aliphatic hydroxyl groups is 1. The first kappa shape index (κ1) is 25.2. The zero-order valence-electron chi connectivity index (χ0n) is 17.7. The third-order valence-electron chi connectivity index (χ3n) is 4.33. The highest BCUT2D eigenvalue weighted by molar-refractivity contribution is 7.91. The number of halogens is 3. The van der Waals surface area contributed by atoms with Crippen LogP contribution in [-0.4, -0.2) is 47.4 Å². The van der Waals surface area contributed by atoms with Gasteiger partial charge in [-0.25, -0.2) is 17.2 Å². The van der Waals surface area contributed by atoms with Crippen LogP contribution in [0.1, 0.15) is 44.5 Å². The van der Waals surface area contributed by atoms with E-state index in [0.717, 1.165) is 18.4 Å². The van der Waals surface area contributed by atoms with Gasteiger partial charge in [-0.05, 0) is 36.0 Å².